The van der Waals surface area contributed by atoms with E-state index in [0.29, 0.717) is 5.69 Å². The first kappa shape index (κ1) is 14.4. The number of rotatable bonds is 3. The van der Waals surface area contributed by atoms with Crippen LogP contribution in [0.3, 0.4) is 0 Å². The monoisotopic (exact) mass is 312 g/mol. The number of anilines is 1. The lowest BCUT2D eigenvalue weighted by atomic mass is 10.0. The summed E-state index contributed by atoms with van der Waals surface area (Å²) in [4.78, 5) is 11.6. The summed E-state index contributed by atoms with van der Waals surface area (Å²) in [7, 11) is 0. The first-order valence-corrected chi connectivity index (χ1v) is 6.48. The summed E-state index contributed by atoms with van der Waals surface area (Å²) in [6.07, 6.45) is -5.35. The number of para-hydroxylation sites is 1. The summed E-state index contributed by atoms with van der Waals surface area (Å²) in [5.74, 6) is -0.376. The average molecular weight is 312 g/mol. The third-order valence-electron chi connectivity index (χ3n) is 3.48. The first-order chi connectivity index (χ1) is 10.4. The number of hydrogen-bond acceptors (Lipinski definition) is 4. The van der Waals surface area contributed by atoms with Crippen LogP contribution in [0, 0.1) is 0 Å². The van der Waals surface area contributed by atoms with Gasteiger partial charge in [0.1, 0.15) is 11.1 Å². The fraction of sp³-hybridized carbons (Fsp3) is 0.286. The van der Waals surface area contributed by atoms with Gasteiger partial charge in [0.05, 0.1) is 0 Å². The molecule has 1 aliphatic carbocycles. The van der Waals surface area contributed by atoms with Gasteiger partial charge < -0.3 is 9.26 Å². The van der Waals surface area contributed by atoms with E-state index in [9.17, 15) is 18.0 Å². The summed E-state index contributed by atoms with van der Waals surface area (Å²) in [6.45, 7) is 0. The minimum absolute atomic E-state index is 0.0430. The molecule has 1 heterocycles. The second-order valence-corrected chi connectivity index (χ2v) is 4.99. The zero-order chi connectivity index (χ0) is 15.8. The first-order valence-electron chi connectivity index (χ1n) is 6.48. The normalized spacial score (nSPS) is 16.1. The Morgan fingerprint density at radius 2 is 1.95 bits per heavy atom. The van der Waals surface area contributed by atoms with Crippen LogP contribution in [0.25, 0.3) is 0 Å². The molecule has 2 aromatic rings. The van der Waals surface area contributed by atoms with Crippen LogP contribution in [0.4, 0.5) is 23.7 Å². The van der Waals surface area contributed by atoms with Crippen molar-refractivity contribution in [2.24, 2.45) is 0 Å². The predicted octanol–water partition coefficient (Wildman–Crippen LogP) is 3.88. The average Bonchev–Trinajstić information content (AvgIpc) is 3.15. The SMILES string of the molecule is O=C(Nc1ccccc1)Oc1cc(C2(C(F)(F)F)CC2)no1. The van der Waals surface area contributed by atoms with Crippen LogP contribution in [-0.2, 0) is 5.41 Å². The number of hydrogen-bond donors (Lipinski definition) is 1. The molecule has 8 heteroatoms. The second kappa shape index (κ2) is 5.04. The molecule has 3 rings (SSSR count). The molecule has 1 aliphatic rings. The van der Waals surface area contributed by atoms with E-state index < -0.39 is 17.7 Å². The molecule has 5 nitrogen and oxygen atoms in total. The molecule has 1 amide bonds. The van der Waals surface area contributed by atoms with Gasteiger partial charge in [-0.15, -0.1) is 0 Å². The zero-order valence-electron chi connectivity index (χ0n) is 11.2. The highest BCUT2D eigenvalue weighted by atomic mass is 19.4. The fourth-order valence-corrected chi connectivity index (χ4v) is 2.10. The van der Waals surface area contributed by atoms with Crippen molar-refractivity contribution in [1.82, 2.24) is 5.16 Å². The van der Waals surface area contributed by atoms with E-state index in [4.69, 9.17) is 4.74 Å². The van der Waals surface area contributed by atoms with E-state index in [2.05, 4.69) is 15.0 Å². The Balaban J connectivity index is 1.67. The molecular weight excluding hydrogens is 301 g/mol. The Morgan fingerprint density at radius 1 is 1.27 bits per heavy atom. The fourth-order valence-electron chi connectivity index (χ4n) is 2.10. The number of carbonyl (C=O) groups excluding carboxylic acids is 1. The number of alkyl halides is 3. The van der Waals surface area contributed by atoms with Crippen LogP contribution in [0.15, 0.2) is 40.9 Å². The third kappa shape index (κ3) is 2.63. The summed E-state index contributed by atoms with van der Waals surface area (Å²) >= 11 is 0. The number of carbonyl (C=O) groups is 1. The Hall–Kier alpha value is -2.51. The lowest BCUT2D eigenvalue weighted by Gasteiger charge is -2.15. The van der Waals surface area contributed by atoms with E-state index in [1.54, 1.807) is 30.3 Å². The quantitative estimate of drug-likeness (QED) is 0.934. The van der Waals surface area contributed by atoms with Gasteiger partial charge in [-0.3, -0.25) is 5.32 Å². The van der Waals surface area contributed by atoms with Crippen molar-refractivity contribution in [2.75, 3.05) is 5.32 Å². The van der Waals surface area contributed by atoms with Crippen LogP contribution < -0.4 is 10.1 Å². The van der Waals surface area contributed by atoms with Gasteiger partial charge in [-0.2, -0.15) is 13.2 Å². The van der Waals surface area contributed by atoms with E-state index in [1.807, 2.05) is 0 Å². The Morgan fingerprint density at radius 3 is 2.55 bits per heavy atom. The molecule has 1 aromatic carbocycles. The number of benzene rings is 1. The van der Waals surface area contributed by atoms with Crippen molar-refractivity contribution in [3.8, 4) is 5.95 Å². The molecule has 22 heavy (non-hydrogen) atoms. The van der Waals surface area contributed by atoms with Crippen LogP contribution in [0.5, 0.6) is 5.95 Å². The standard InChI is InChI=1S/C14H11F3N2O3/c15-14(16,17)13(6-7-13)10-8-11(22-19-10)21-12(20)18-9-4-2-1-3-5-9/h1-5,8H,6-7H2,(H,18,20). The highest BCUT2D eigenvalue weighted by Crippen LogP contribution is 2.58. The smallest absolute Gasteiger partial charge is 0.374 e. The number of nitrogens with one attached hydrogen (secondary N) is 1. The minimum atomic E-state index is -4.40. The topological polar surface area (TPSA) is 64.4 Å². The number of ether oxygens (including phenoxy) is 1. The van der Waals surface area contributed by atoms with Crippen LogP contribution in [0.2, 0.25) is 0 Å². The molecule has 0 radical (unpaired) electrons. The molecule has 116 valence electrons. The van der Waals surface area contributed by atoms with Gasteiger partial charge in [-0.05, 0) is 25.0 Å². The largest absolute Gasteiger partial charge is 0.419 e. The van der Waals surface area contributed by atoms with Gasteiger partial charge in [-0.25, -0.2) is 4.79 Å². The molecule has 0 spiro atoms. The van der Waals surface area contributed by atoms with E-state index >= 15 is 0 Å². The van der Waals surface area contributed by atoms with E-state index in [1.165, 1.54) is 0 Å². The van der Waals surface area contributed by atoms with Crippen molar-refractivity contribution in [3.63, 3.8) is 0 Å². The Kier molecular flexibility index (Phi) is 3.31. The molecule has 0 bridgehead atoms. The van der Waals surface area contributed by atoms with E-state index in [-0.39, 0.29) is 24.5 Å². The molecule has 0 unspecified atom stereocenters. The van der Waals surface area contributed by atoms with Crippen molar-refractivity contribution < 1.29 is 27.2 Å². The maximum absolute atomic E-state index is 12.9. The molecule has 1 fully saturated rings. The maximum atomic E-state index is 12.9. The van der Waals surface area contributed by atoms with Crippen molar-refractivity contribution >= 4 is 11.8 Å². The predicted molar refractivity (Wildman–Crippen MR) is 69.6 cm³/mol. The third-order valence-corrected chi connectivity index (χ3v) is 3.48. The van der Waals surface area contributed by atoms with Gasteiger partial charge in [0, 0.05) is 11.8 Å². The van der Waals surface area contributed by atoms with Crippen molar-refractivity contribution in [2.45, 2.75) is 24.4 Å². The van der Waals surface area contributed by atoms with Crippen LogP contribution in [0.1, 0.15) is 18.5 Å². The van der Waals surface area contributed by atoms with Gasteiger partial charge in [-0.1, -0.05) is 23.4 Å². The molecular formula is C14H11F3N2O3. The Labute approximate surface area is 123 Å². The molecule has 0 aliphatic heterocycles. The molecule has 0 saturated heterocycles. The zero-order valence-corrected chi connectivity index (χ0v) is 11.2. The van der Waals surface area contributed by atoms with Gasteiger partial charge >= 0.3 is 18.2 Å². The summed E-state index contributed by atoms with van der Waals surface area (Å²) < 4.78 is 48.3. The van der Waals surface area contributed by atoms with E-state index in [0.717, 1.165) is 6.07 Å². The summed E-state index contributed by atoms with van der Waals surface area (Å²) in [5, 5.41) is 5.79. The molecule has 0 atom stereocenters. The molecule has 1 N–H and O–H groups in total. The van der Waals surface area contributed by atoms with Crippen molar-refractivity contribution in [3.05, 3.63) is 42.1 Å². The summed E-state index contributed by atoms with van der Waals surface area (Å²) in [5.41, 5.74) is -1.74. The number of amides is 1. The number of aromatic nitrogens is 1. The lowest BCUT2D eigenvalue weighted by molar-refractivity contribution is -0.161. The second-order valence-electron chi connectivity index (χ2n) is 4.99. The molecule has 1 aromatic heterocycles. The lowest BCUT2D eigenvalue weighted by Crippen LogP contribution is -2.28. The minimum Gasteiger partial charge on any atom is -0.374 e. The van der Waals surface area contributed by atoms with Gasteiger partial charge in [0.25, 0.3) is 0 Å². The highest BCUT2D eigenvalue weighted by Gasteiger charge is 2.66. The highest BCUT2D eigenvalue weighted by molar-refractivity contribution is 5.85. The Bertz CT molecular complexity index is 678. The maximum Gasteiger partial charge on any atom is 0.419 e. The number of halogens is 3. The van der Waals surface area contributed by atoms with Crippen LogP contribution in [-0.4, -0.2) is 17.4 Å². The molecule has 1 saturated carbocycles. The van der Waals surface area contributed by atoms with Gasteiger partial charge in [0.15, 0.2) is 0 Å². The summed E-state index contributed by atoms with van der Waals surface area (Å²) in [6, 6.07) is 9.47. The van der Waals surface area contributed by atoms with Crippen LogP contribution >= 0.6 is 0 Å². The van der Waals surface area contributed by atoms with Gasteiger partial charge in [0.2, 0.25) is 0 Å². The van der Waals surface area contributed by atoms with Crippen molar-refractivity contribution in [1.29, 1.82) is 0 Å². The number of nitrogens with zero attached hydrogens (tertiary/aromatic N) is 1.